The number of hydrogen-bond donors (Lipinski definition) is 2. The van der Waals surface area contributed by atoms with Gasteiger partial charge >= 0.3 is 0 Å². The van der Waals surface area contributed by atoms with Crippen LogP contribution < -0.4 is 11.1 Å². The summed E-state index contributed by atoms with van der Waals surface area (Å²) in [5.74, 6) is -0.795. The number of hydrogen-bond acceptors (Lipinski definition) is 2. The van der Waals surface area contributed by atoms with Gasteiger partial charge in [-0.05, 0) is 25.0 Å². The highest BCUT2D eigenvalue weighted by Gasteiger charge is 2.38. The highest BCUT2D eigenvalue weighted by Crippen LogP contribution is 2.37. The first-order chi connectivity index (χ1) is 9.09. The molecule has 0 spiro atoms. The fourth-order valence-corrected chi connectivity index (χ4v) is 2.78. The van der Waals surface area contributed by atoms with Crippen molar-refractivity contribution in [2.24, 2.45) is 11.1 Å². The molecule has 0 bridgehead atoms. The summed E-state index contributed by atoms with van der Waals surface area (Å²) in [5, 5.41) is 2.64. The van der Waals surface area contributed by atoms with Gasteiger partial charge in [-0.25, -0.2) is 4.39 Å². The first-order valence-corrected chi connectivity index (χ1v) is 6.92. The fourth-order valence-electron chi connectivity index (χ4n) is 2.61. The zero-order valence-corrected chi connectivity index (χ0v) is 11.5. The monoisotopic (exact) mass is 284 g/mol. The lowest BCUT2D eigenvalue weighted by atomic mass is 9.73. The molecule has 0 atom stereocenters. The molecule has 0 aliphatic heterocycles. The van der Waals surface area contributed by atoms with E-state index in [9.17, 15) is 9.18 Å². The summed E-state index contributed by atoms with van der Waals surface area (Å²) in [7, 11) is 0. The average Bonchev–Trinajstić information content (AvgIpc) is 2.44. The molecule has 3 N–H and O–H groups in total. The van der Waals surface area contributed by atoms with Crippen LogP contribution >= 0.6 is 11.6 Å². The van der Waals surface area contributed by atoms with Crippen molar-refractivity contribution in [1.82, 2.24) is 0 Å². The highest BCUT2D eigenvalue weighted by atomic mass is 35.5. The quantitative estimate of drug-likeness (QED) is 0.894. The van der Waals surface area contributed by atoms with Crippen LogP contribution in [0.3, 0.4) is 0 Å². The number of amides is 1. The van der Waals surface area contributed by atoms with E-state index in [1.807, 2.05) is 0 Å². The molecule has 0 heterocycles. The number of benzene rings is 1. The molecule has 1 aliphatic rings. The Labute approximate surface area is 117 Å². The molecule has 19 heavy (non-hydrogen) atoms. The van der Waals surface area contributed by atoms with E-state index in [0.717, 1.165) is 32.1 Å². The van der Waals surface area contributed by atoms with Gasteiger partial charge in [-0.3, -0.25) is 4.79 Å². The van der Waals surface area contributed by atoms with Gasteiger partial charge < -0.3 is 11.1 Å². The first kappa shape index (κ1) is 14.3. The number of rotatable bonds is 3. The van der Waals surface area contributed by atoms with Gasteiger partial charge in [0.15, 0.2) is 5.82 Å². The summed E-state index contributed by atoms with van der Waals surface area (Å²) in [6, 6.07) is 4.56. The van der Waals surface area contributed by atoms with Crippen LogP contribution in [0.4, 0.5) is 10.1 Å². The molecular weight excluding hydrogens is 267 g/mol. The third kappa shape index (κ3) is 2.90. The second-order valence-electron chi connectivity index (χ2n) is 5.10. The van der Waals surface area contributed by atoms with Crippen molar-refractivity contribution in [1.29, 1.82) is 0 Å². The summed E-state index contributed by atoms with van der Waals surface area (Å²) >= 11 is 5.70. The smallest absolute Gasteiger partial charge is 0.231 e. The summed E-state index contributed by atoms with van der Waals surface area (Å²) in [4.78, 5) is 12.4. The molecule has 0 saturated heterocycles. The lowest BCUT2D eigenvalue weighted by Crippen LogP contribution is -2.44. The first-order valence-electron chi connectivity index (χ1n) is 6.55. The van der Waals surface area contributed by atoms with E-state index >= 15 is 0 Å². The average molecular weight is 285 g/mol. The minimum Gasteiger partial charge on any atom is -0.329 e. The number of carbonyl (C=O) groups is 1. The topological polar surface area (TPSA) is 55.1 Å². The van der Waals surface area contributed by atoms with Crippen LogP contribution in [0.25, 0.3) is 0 Å². The fraction of sp³-hybridized carbons (Fsp3) is 0.500. The Kier molecular flexibility index (Phi) is 4.42. The van der Waals surface area contributed by atoms with E-state index in [2.05, 4.69) is 5.32 Å². The molecule has 2 rings (SSSR count). The van der Waals surface area contributed by atoms with Crippen molar-refractivity contribution in [3.8, 4) is 0 Å². The normalized spacial score (nSPS) is 18.1. The second-order valence-corrected chi connectivity index (χ2v) is 5.51. The van der Waals surface area contributed by atoms with Gasteiger partial charge in [-0.2, -0.15) is 0 Å². The Hall–Kier alpha value is -1.13. The van der Waals surface area contributed by atoms with Crippen LogP contribution in [0, 0.1) is 11.2 Å². The van der Waals surface area contributed by atoms with Crippen LogP contribution in [-0.2, 0) is 4.79 Å². The lowest BCUT2D eigenvalue weighted by molar-refractivity contribution is -0.126. The zero-order chi connectivity index (χ0) is 13.9. The Balaban J connectivity index is 2.17. The third-order valence-electron chi connectivity index (χ3n) is 3.88. The van der Waals surface area contributed by atoms with Crippen molar-refractivity contribution in [3.05, 3.63) is 29.0 Å². The van der Waals surface area contributed by atoms with E-state index in [1.165, 1.54) is 12.1 Å². The highest BCUT2D eigenvalue weighted by molar-refractivity contribution is 6.31. The molecule has 1 aromatic carbocycles. The van der Waals surface area contributed by atoms with Crippen LogP contribution in [0.1, 0.15) is 32.1 Å². The summed E-state index contributed by atoms with van der Waals surface area (Å²) in [6.45, 7) is 0.293. The Bertz CT molecular complexity index is 473. The minimum absolute atomic E-state index is 0.00300. The molecule has 1 aliphatic carbocycles. The van der Waals surface area contributed by atoms with Gasteiger partial charge in [-0.1, -0.05) is 36.9 Å². The van der Waals surface area contributed by atoms with Crippen LogP contribution in [0.2, 0.25) is 5.02 Å². The lowest BCUT2D eigenvalue weighted by Gasteiger charge is -2.34. The predicted molar refractivity (Wildman–Crippen MR) is 74.6 cm³/mol. The Morgan fingerprint density at radius 2 is 2.05 bits per heavy atom. The van der Waals surface area contributed by atoms with E-state index < -0.39 is 11.2 Å². The van der Waals surface area contributed by atoms with Gasteiger partial charge in [-0.15, -0.1) is 0 Å². The Morgan fingerprint density at radius 1 is 1.37 bits per heavy atom. The molecule has 1 aromatic rings. The van der Waals surface area contributed by atoms with E-state index in [1.54, 1.807) is 6.07 Å². The summed E-state index contributed by atoms with van der Waals surface area (Å²) in [6.07, 6.45) is 4.63. The van der Waals surface area contributed by atoms with E-state index in [4.69, 9.17) is 17.3 Å². The largest absolute Gasteiger partial charge is 0.329 e. The maximum atomic E-state index is 13.8. The molecule has 0 aromatic heterocycles. The summed E-state index contributed by atoms with van der Waals surface area (Å²) < 4.78 is 13.8. The van der Waals surface area contributed by atoms with E-state index in [-0.39, 0.29) is 16.6 Å². The van der Waals surface area contributed by atoms with Crippen molar-refractivity contribution < 1.29 is 9.18 Å². The number of halogens is 2. The second kappa shape index (κ2) is 5.88. The molecule has 5 heteroatoms. The van der Waals surface area contributed by atoms with Gasteiger partial charge in [0, 0.05) is 6.54 Å². The maximum Gasteiger partial charge on any atom is 0.231 e. The molecule has 1 saturated carbocycles. The number of anilines is 1. The van der Waals surface area contributed by atoms with Gasteiger partial charge in [0.2, 0.25) is 5.91 Å². The third-order valence-corrected chi connectivity index (χ3v) is 4.17. The van der Waals surface area contributed by atoms with Crippen molar-refractivity contribution in [2.75, 3.05) is 11.9 Å². The van der Waals surface area contributed by atoms with Crippen molar-refractivity contribution >= 4 is 23.2 Å². The molecular formula is C14H18ClFN2O. The SMILES string of the molecule is NCC1(C(=O)Nc2cccc(Cl)c2F)CCCCC1. The van der Waals surface area contributed by atoms with E-state index in [0.29, 0.717) is 6.54 Å². The zero-order valence-electron chi connectivity index (χ0n) is 10.7. The molecule has 0 unspecified atom stereocenters. The standard InChI is InChI=1S/C14H18ClFN2O/c15-10-5-4-6-11(12(10)16)18-13(19)14(9-17)7-2-1-3-8-14/h4-6H,1-3,7-9,17H2,(H,18,19). The van der Waals surface area contributed by atoms with Crippen molar-refractivity contribution in [3.63, 3.8) is 0 Å². The van der Waals surface area contributed by atoms with Gasteiger partial charge in [0.25, 0.3) is 0 Å². The molecule has 104 valence electrons. The molecule has 3 nitrogen and oxygen atoms in total. The maximum absolute atomic E-state index is 13.8. The minimum atomic E-state index is -0.597. The van der Waals surface area contributed by atoms with Crippen LogP contribution in [-0.4, -0.2) is 12.5 Å². The molecule has 1 amide bonds. The van der Waals surface area contributed by atoms with Gasteiger partial charge in [0.05, 0.1) is 16.1 Å². The molecule has 0 radical (unpaired) electrons. The van der Waals surface area contributed by atoms with Crippen LogP contribution in [0.15, 0.2) is 18.2 Å². The predicted octanol–water partition coefficient (Wildman–Crippen LogP) is 3.33. The summed E-state index contributed by atoms with van der Waals surface area (Å²) in [5.41, 5.74) is 5.34. The van der Waals surface area contributed by atoms with Crippen molar-refractivity contribution in [2.45, 2.75) is 32.1 Å². The van der Waals surface area contributed by atoms with Gasteiger partial charge in [0.1, 0.15) is 0 Å². The number of nitrogens with two attached hydrogens (primary N) is 1. The number of carbonyl (C=O) groups excluding carboxylic acids is 1. The Morgan fingerprint density at radius 3 is 2.68 bits per heavy atom. The van der Waals surface area contributed by atoms with Crippen LogP contribution in [0.5, 0.6) is 0 Å². The number of nitrogens with one attached hydrogen (secondary N) is 1. The molecule has 1 fully saturated rings.